The van der Waals surface area contributed by atoms with Crippen molar-refractivity contribution in [3.63, 3.8) is 0 Å². The molecule has 1 saturated carbocycles. The van der Waals surface area contributed by atoms with Crippen LogP contribution in [0.15, 0.2) is 9.85 Å². The van der Waals surface area contributed by atoms with Crippen molar-refractivity contribution < 1.29 is 5.11 Å². The number of rotatable bonds is 3. The fourth-order valence-electron chi connectivity index (χ4n) is 2.77. The van der Waals surface area contributed by atoms with Crippen LogP contribution in [-0.4, -0.2) is 5.11 Å². The van der Waals surface area contributed by atoms with Crippen LogP contribution in [0.5, 0.6) is 0 Å². The summed E-state index contributed by atoms with van der Waals surface area (Å²) in [5.74, 6) is 1.37. The largest absolute Gasteiger partial charge is 0.387 e. The molecule has 0 spiro atoms. The summed E-state index contributed by atoms with van der Waals surface area (Å²) in [4.78, 5) is 1.13. The highest BCUT2D eigenvalue weighted by Gasteiger charge is 2.27. The SMILES string of the molecule is CCC1CCC(C(O)c2cc(C)c(Br)s2)CC1. The second kappa shape index (κ2) is 5.85. The number of halogens is 1. The number of aryl methyl sites for hydroxylation is 1. The molecule has 1 unspecified atom stereocenters. The third-order valence-corrected chi connectivity index (χ3v) is 6.29. The maximum Gasteiger partial charge on any atom is 0.0910 e. The number of aliphatic hydroxyl groups excluding tert-OH is 1. The Labute approximate surface area is 116 Å². The summed E-state index contributed by atoms with van der Waals surface area (Å²) in [6, 6.07) is 2.13. The molecule has 96 valence electrons. The molecule has 0 bridgehead atoms. The first-order chi connectivity index (χ1) is 8.11. The molecule has 1 aliphatic rings. The van der Waals surface area contributed by atoms with E-state index < -0.39 is 0 Å². The molecular weight excluding hydrogens is 296 g/mol. The zero-order chi connectivity index (χ0) is 12.4. The summed E-state index contributed by atoms with van der Waals surface area (Å²) in [6.07, 6.45) is 6.02. The van der Waals surface area contributed by atoms with Gasteiger partial charge in [0.05, 0.1) is 9.89 Å². The maximum absolute atomic E-state index is 10.4. The van der Waals surface area contributed by atoms with Gasteiger partial charge < -0.3 is 5.11 Å². The smallest absolute Gasteiger partial charge is 0.0910 e. The summed E-state index contributed by atoms with van der Waals surface area (Å²) in [7, 11) is 0. The van der Waals surface area contributed by atoms with Crippen molar-refractivity contribution >= 4 is 27.3 Å². The van der Waals surface area contributed by atoms with E-state index in [2.05, 4.69) is 35.8 Å². The van der Waals surface area contributed by atoms with Gasteiger partial charge in [0.1, 0.15) is 0 Å². The van der Waals surface area contributed by atoms with Crippen LogP contribution in [0.2, 0.25) is 0 Å². The molecule has 2 rings (SSSR count). The fourth-order valence-corrected chi connectivity index (χ4v) is 4.42. The molecule has 1 fully saturated rings. The lowest BCUT2D eigenvalue weighted by molar-refractivity contribution is 0.0757. The van der Waals surface area contributed by atoms with Crippen molar-refractivity contribution in [1.82, 2.24) is 0 Å². The van der Waals surface area contributed by atoms with Crippen molar-refractivity contribution in [2.75, 3.05) is 0 Å². The Bertz CT molecular complexity index is 347. The molecule has 1 aliphatic carbocycles. The third-order valence-electron chi connectivity index (χ3n) is 4.08. The van der Waals surface area contributed by atoms with Crippen LogP contribution in [0, 0.1) is 18.8 Å². The molecule has 1 atom stereocenters. The van der Waals surface area contributed by atoms with Crippen LogP contribution in [0.25, 0.3) is 0 Å². The molecule has 3 heteroatoms. The molecule has 17 heavy (non-hydrogen) atoms. The van der Waals surface area contributed by atoms with Gasteiger partial charge in [-0.3, -0.25) is 0 Å². The Hall–Kier alpha value is 0.140. The first kappa shape index (κ1) is 13.6. The number of hydrogen-bond acceptors (Lipinski definition) is 2. The lowest BCUT2D eigenvalue weighted by Crippen LogP contribution is -2.19. The minimum absolute atomic E-state index is 0.247. The van der Waals surface area contributed by atoms with E-state index in [4.69, 9.17) is 0 Å². The van der Waals surface area contributed by atoms with E-state index in [0.717, 1.165) is 14.6 Å². The molecule has 1 aromatic rings. The molecule has 1 N–H and O–H groups in total. The van der Waals surface area contributed by atoms with E-state index in [9.17, 15) is 5.11 Å². The Morgan fingerprint density at radius 1 is 1.41 bits per heavy atom. The summed E-state index contributed by atoms with van der Waals surface area (Å²) in [6.45, 7) is 4.37. The van der Waals surface area contributed by atoms with E-state index in [1.165, 1.54) is 37.7 Å². The number of hydrogen-bond donors (Lipinski definition) is 1. The lowest BCUT2D eigenvalue weighted by atomic mass is 9.78. The van der Waals surface area contributed by atoms with E-state index in [1.54, 1.807) is 11.3 Å². The molecule has 1 nitrogen and oxygen atoms in total. The van der Waals surface area contributed by atoms with E-state index >= 15 is 0 Å². The quantitative estimate of drug-likeness (QED) is 0.825. The van der Waals surface area contributed by atoms with Crippen LogP contribution < -0.4 is 0 Å². The van der Waals surface area contributed by atoms with E-state index in [1.807, 2.05) is 0 Å². The van der Waals surface area contributed by atoms with Crippen LogP contribution >= 0.6 is 27.3 Å². The second-order valence-electron chi connectivity index (χ2n) is 5.24. The standard InChI is InChI=1S/C14H21BrOS/c1-3-10-4-6-11(7-5-10)13(16)12-8-9(2)14(15)17-12/h8,10-11,13,16H,3-7H2,1-2H3. The maximum atomic E-state index is 10.4. The molecule has 0 aliphatic heterocycles. The normalized spacial score (nSPS) is 27.1. The van der Waals surface area contributed by atoms with Gasteiger partial charge >= 0.3 is 0 Å². The second-order valence-corrected chi connectivity index (χ2v) is 7.64. The van der Waals surface area contributed by atoms with Gasteiger partial charge in [-0.1, -0.05) is 26.2 Å². The zero-order valence-corrected chi connectivity index (χ0v) is 13.0. The highest BCUT2D eigenvalue weighted by molar-refractivity contribution is 9.11. The Morgan fingerprint density at radius 2 is 2.06 bits per heavy atom. The molecule has 0 amide bonds. The zero-order valence-electron chi connectivity index (χ0n) is 10.6. The molecule has 0 aromatic carbocycles. The van der Waals surface area contributed by atoms with Crippen molar-refractivity contribution in [2.45, 2.75) is 52.1 Å². The molecular formula is C14H21BrOS. The third kappa shape index (κ3) is 3.12. The minimum Gasteiger partial charge on any atom is -0.387 e. The predicted molar refractivity (Wildman–Crippen MR) is 77.5 cm³/mol. The number of thiophene rings is 1. The Kier molecular flexibility index (Phi) is 4.67. The highest BCUT2D eigenvalue weighted by atomic mass is 79.9. The first-order valence-corrected chi connectivity index (χ1v) is 8.16. The summed E-state index contributed by atoms with van der Waals surface area (Å²) >= 11 is 5.23. The van der Waals surface area contributed by atoms with Crippen LogP contribution in [-0.2, 0) is 0 Å². The molecule has 0 radical (unpaired) electrons. The molecule has 1 heterocycles. The lowest BCUT2D eigenvalue weighted by Gasteiger charge is -2.30. The van der Waals surface area contributed by atoms with E-state index in [0.29, 0.717) is 5.92 Å². The van der Waals surface area contributed by atoms with Crippen molar-refractivity contribution in [3.05, 3.63) is 20.3 Å². The van der Waals surface area contributed by atoms with Gasteiger partial charge in [0, 0.05) is 4.88 Å². The van der Waals surface area contributed by atoms with Crippen molar-refractivity contribution in [2.24, 2.45) is 11.8 Å². The molecule has 0 saturated heterocycles. The van der Waals surface area contributed by atoms with E-state index in [-0.39, 0.29) is 6.10 Å². The van der Waals surface area contributed by atoms with Crippen molar-refractivity contribution in [1.29, 1.82) is 0 Å². The monoisotopic (exact) mass is 316 g/mol. The summed E-state index contributed by atoms with van der Waals surface area (Å²) in [5, 5.41) is 10.4. The average molecular weight is 317 g/mol. The summed E-state index contributed by atoms with van der Waals surface area (Å²) in [5.41, 5.74) is 1.24. The Morgan fingerprint density at radius 3 is 2.53 bits per heavy atom. The van der Waals surface area contributed by atoms with Gasteiger partial charge in [0.2, 0.25) is 0 Å². The molecule has 1 aromatic heterocycles. The van der Waals surface area contributed by atoms with Crippen LogP contribution in [0.4, 0.5) is 0 Å². The van der Waals surface area contributed by atoms with Crippen molar-refractivity contribution in [3.8, 4) is 0 Å². The van der Waals surface area contributed by atoms with Crippen LogP contribution in [0.3, 0.4) is 0 Å². The van der Waals surface area contributed by atoms with Gasteiger partial charge in [-0.05, 0) is 59.2 Å². The van der Waals surface area contributed by atoms with Gasteiger partial charge in [0.25, 0.3) is 0 Å². The summed E-state index contributed by atoms with van der Waals surface area (Å²) < 4.78 is 1.16. The first-order valence-electron chi connectivity index (χ1n) is 6.55. The van der Waals surface area contributed by atoms with Gasteiger partial charge in [-0.25, -0.2) is 0 Å². The van der Waals surface area contributed by atoms with Crippen LogP contribution in [0.1, 0.15) is 55.6 Å². The topological polar surface area (TPSA) is 20.2 Å². The fraction of sp³-hybridized carbons (Fsp3) is 0.714. The van der Waals surface area contributed by atoms with Gasteiger partial charge in [-0.2, -0.15) is 0 Å². The predicted octanol–water partition coefficient (Wildman–Crippen LogP) is 5.07. The van der Waals surface area contributed by atoms with Gasteiger partial charge in [-0.15, -0.1) is 11.3 Å². The number of aliphatic hydroxyl groups is 1. The van der Waals surface area contributed by atoms with Gasteiger partial charge in [0.15, 0.2) is 0 Å². The highest BCUT2D eigenvalue weighted by Crippen LogP contribution is 2.41. The average Bonchev–Trinajstić information content (AvgIpc) is 2.69. The minimum atomic E-state index is -0.247. The Balaban J connectivity index is 1.99.